The molecule has 140 valence electrons. The molecule has 6 nitrogen and oxygen atoms in total. The van der Waals surface area contributed by atoms with Gasteiger partial charge in [-0.3, -0.25) is 9.48 Å². The van der Waals surface area contributed by atoms with Gasteiger partial charge in [-0.1, -0.05) is 6.92 Å². The number of hydrogen-bond donors (Lipinski definition) is 2. The van der Waals surface area contributed by atoms with E-state index in [0.29, 0.717) is 18.3 Å². The maximum Gasteiger partial charge on any atom is 0.220 e. The van der Waals surface area contributed by atoms with Crippen LogP contribution in [-0.2, 0) is 11.8 Å². The first-order valence-corrected chi connectivity index (χ1v) is 9.73. The van der Waals surface area contributed by atoms with Crippen LogP contribution in [-0.4, -0.2) is 51.4 Å². The highest BCUT2D eigenvalue weighted by molar-refractivity contribution is 5.76. The second-order valence-corrected chi connectivity index (χ2v) is 7.87. The van der Waals surface area contributed by atoms with Gasteiger partial charge in [0.25, 0.3) is 0 Å². The third kappa shape index (κ3) is 4.82. The molecule has 1 aliphatic carbocycles. The molecule has 3 rings (SSSR count). The van der Waals surface area contributed by atoms with E-state index in [9.17, 15) is 9.90 Å². The second-order valence-electron chi connectivity index (χ2n) is 7.87. The molecule has 0 unspecified atom stereocenters. The smallest absolute Gasteiger partial charge is 0.220 e. The van der Waals surface area contributed by atoms with E-state index in [1.807, 2.05) is 19.4 Å². The second kappa shape index (κ2) is 8.32. The molecule has 0 bridgehead atoms. The Morgan fingerprint density at radius 2 is 2.12 bits per heavy atom. The van der Waals surface area contributed by atoms with Crippen molar-refractivity contribution in [1.29, 1.82) is 0 Å². The molecule has 2 N–H and O–H groups in total. The summed E-state index contributed by atoms with van der Waals surface area (Å²) in [4.78, 5) is 15.1. The summed E-state index contributed by atoms with van der Waals surface area (Å²) in [6, 6.07) is -0.0234. The molecule has 1 aliphatic heterocycles. The van der Waals surface area contributed by atoms with Gasteiger partial charge in [0.1, 0.15) is 0 Å². The number of nitrogens with zero attached hydrogens (tertiary/aromatic N) is 3. The minimum atomic E-state index is -0.219. The van der Waals surface area contributed by atoms with Crippen LogP contribution >= 0.6 is 0 Å². The third-order valence-electron chi connectivity index (χ3n) is 5.74. The molecule has 2 fully saturated rings. The van der Waals surface area contributed by atoms with E-state index in [-0.39, 0.29) is 18.1 Å². The Labute approximate surface area is 150 Å². The number of hydrogen-bond acceptors (Lipinski definition) is 4. The summed E-state index contributed by atoms with van der Waals surface area (Å²) in [7, 11) is 1.89. The summed E-state index contributed by atoms with van der Waals surface area (Å²) < 4.78 is 1.77. The van der Waals surface area contributed by atoms with Crippen molar-refractivity contribution in [2.45, 2.75) is 57.6 Å². The zero-order chi connectivity index (χ0) is 17.8. The molecular formula is C19H32N4O2. The molecule has 2 heterocycles. The monoisotopic (exact) mass is 348 g/mol. The highest BCUT2D eigenvalue weighted by Crippen LogP contribution is 2.38. The van der Waals surface area contributed by atoms with Crippen LogP contribution in [0.3, 0.4) is 0 Å². The zero-order valence-electron chi connectivity index (χ0n) is 15.5. The van der Waals surface area contributed by atoms with Gasteiger partial charge in [0.05, 0.1) is 18.3 Å². The van der Waals surface area contributed by atoms with E-state index in [0.717, 1.165) is 44.3 Å². The number of piperidine rings is 1. The molecule has 1 aromatic heterocycles. The van der Waals surface area contributed by atoms with Crippen LogP contribution in [0, 0.1) is 11.8 Å². The predicted molar refractivity (Wildman–Crippen MR) is 96.9 cm³/mol. The fourth-order valence-corrected chi connectivity index (χ4v) is 4.20. The van der Waals surface area contributed by atoms with Gasteiger partial charge in [0.2, 0.25) is 5.91 Å². The molecule has 1 amide bonds. The lowest BCUT2D eigenvalue weighted by Crippen LogP contribution is -2.42. The largest absolute Gasteiger partial charge is 0.393 e. The number of carbonyl (C=O) groups excluding carboxylic acids is 1. The topological polar surface area (TPSA) is 70.4 Å². The van der Waals surface area contributed by atoms with Crippen LogP contribution in [0.2, 0.25) is 0 Å². The number of carbonyl (C=O) groups is 1. The average Bonchev–Trinajstić information content (AvgIpc) is 2.98. The molecule has 2 aliphatic rings. The Balaban J connectivity index is 1.52. The van der Waals surface area contributed by atoms with Crippen molar-refractivity contribution in [3.63, 3.8) is 0 Å². The van der Waals surface area contributed by atoms with Gasteiger partial charge >= 0.3 is 0 Å². The van der Waals surface area contributed by atoms with Crippen LogP contribution in [0.1, 0.15) is 57.1 Å². The number of amides is 1. The van der Waals surface area contributed by atoms with Crippen molar-refractivity contribution in [3.05, 3.63) is 18.0 Å². The SMILES string of the molecule is CCCN1CCC(CC(=O)N[C@H](c2cnn(C)c2)C2CC(O)C2)CC1. The number of aryl methyl sites for hydroxylation is 1. The van der Waals surface area contributed by atoms with E-state index >= 15 is 0 Å². The number of rotatable bonds is 7. The molecule has 25 heavy (non-hydrogen) atoms. The quantitative estimate of drug-likeness (QED) is 0.789. The molecule has 0 radical (unpaired) electrons. The van der Waals surface area contributed by atoms with Crippen molar-refractivity contribution in [3.8, 4) is 0 Å². The molecule has 1 atom stereocenters. The first-order chi connectivity index (χ1) is 12.0. The molecule has 0 aromatic carbocycles. The first-order valence-electron chi connectivity index (χ1n) is 9.73. The Bertz CT molecular complexity index is 560. The fraction of sp³-hybridized carbons (Fsp3) is 0.789. The number of likely N-dealkylation sites (tertiary alicyclic amines) is 1. The number of aromatic nitrogens is 2. The van der Waals surface area contributed by atoms with Gasteiger partial charge in [-0.2, -0.15) is 5.10 Å². The van der Waals surface area contributed by atoms with Gasteiger partial charge in [0.15, 0.2) is 0 Å². The standard InChI is InChI=1S/C19H32N4O2/c1-3-6-23-7-4-14(5-8-23)9-18(25)21-19(15-10-17(24)11-15)16-12-20-22(2)13-16/h12-15,17,19,24H,3-11H2,1-2H3,(H,21,25)/t15?,17?,19-/m0/s1. The molecule has 1 saturated heterocycles. The predicted octanol–water partition coefficient (Wildman–Crippen LogP) is 1.86. The summed E-state index contributed by atoms with van der Waals surface area (Å²) >= 11 is 0. The maximum atomic E-state index is 12.6. The van der Waals surface area contributed by atoms with Gasteiger partial charge in [-0.05, 0) is 63.6 Å². The van der Waals surface area contributed by atoms with Crippen LogP contribution in [0.5, 0.6) is 0 Å². The molecule has 1 aromatic rings. The van der Waals surface area contributed by atoms with Crippen LogP contribution in [0.4, 0.5) is 0 Å². The minimum Gasteiger partial charge on any atom is -0.393 e. The lowest BCUT2D eigenvalue weighted by molar-refractivity contribution is -0.124. The van der Waals surface area contributed by atoms with Gasteiger partial charge in [-0.25, -0.2) is 0 Å². The third-order valence-corrected chi connectivity index (χ3v) is 5.74. The van der Waals surface area contributed by atoms with Gasteiger partial charge < -0.3 is 15.3 Å². The normalized spacial score (nSPS) is 26.2. The number of aliphatic hydroxyl groups is 1. The Morgan fingerprint density at radius 3 is 2.68 bits per heavy atom. The Morgan fingerprint density at radius 1 is 1.40 bits per heavy atom. The van der Waals surface area contributed by atoms with E-state index in [2.05, 4.69) is 22.2 Å². The Kier molecular flexibility index (Phi) is 6.12. The Hall–Kier alpha value is -1.40. The first kappa shape index (κ1) is 18.4. The molecular weight excluding hydrogens is 316 g/mol. The van der Waals surface area contributed by atoms with Gasteiger partial charge in [-0.15, -0.1) is 0 Å². The van der Waals surface area contributed by atoms with Crippen molar-refractivity contribution in [2.75, 3.05) is 19.6 Å². The summed E-state index contributed by atoms with van der Waals surface area (Å²) in [6.07, 6.45) is 9.16. The van der Waals surface area contributed by atoms with E-state index in [4.69, 9.17) is 0 Å². The zero-order valence-corrected chi connectivity index (χ0v) is 15.5. The molecule has 6 heteroatoms. The van der Waals surface area contributed by atoms with Crippen LogP contribution in [0.25, 0.3) is 0 Å². The van der Waals surface area contributed by atoms with Crippen molar-refractivity contribution in [1.82, 2.24) is 20.0 Å². The lowest BCUT2D eigenvalue weighted by Gasteiger charge is -2.38. The average molecular weight is 348 g/mol. The summed E-state index contributed by atoms with van der Waals surface area (Å²) in [5, 5.41) is 17.1. The van der Waals surface area contributed by atoms with E-state index < -0.39 is 0 Å². The van der Waals surface area contributed by atoms with Crippen molar-refractivity contribution < 1.29 is 9.90 Å². The summed E-state index contributed by atoms with van der Waals surface area (Å²) in [5.41, 5.74) is 1.05. The fourth-order valence-electron chi connectivity index (χ4n) is 4.20. The lowest BCUT2D eigenvalue weighted by atomic mass is 9.75. The highest BCUT2D eigenvalue weighted by Gasteiger charge is 2.36. The molecule has 0 spiro atoms. The van der Waals surface area contributed by atoms with Gasteiger partial charge in [0, 0.05) is 25.2 Å². The maximum absolute atomic E-state index is 12.6. The van der Waals surface area contributed by atoms with E-state index in [1.54, 1.807) is 4.68 Å². The summed E-state index contributed by atoms with van der Waals surface area (Å²) in [5.74, 6) is 0.952. The number of nitrogens with one attached hydrogen (secondary N) is 1. The van der Waals surface area contributed by atoms with Crippen molar-refractivity contribution >= 4 is 5.91 Å². The van der Waals surface area contributed by atoms with E-state index in [1.165, 1.54) is 13.0 Å². The van der Waals surface area contributed by atoms with Crippen LogP contribution in [0.15, 0.2) is 12.4 Å². The van der Waals surface area contributed by atoms with Crippen molar-refractivity contribution in [2.24, 2.45) is 18.9 Å². The highest BCUT2D eigenvalue weighted by atomic mass is 16.3. The minimum absolute atomic E-state index is 0.0234. The van der Waals surface area contributed by atoms with Crippen LogP contribution < -0.4 is 5.32 Å². The molecule has 1 saturated carbocycles. The summed E-state index contributed by atoms with van der Waals surface area (Å²) in [6.45, 7) is 5.63. The number of aliphatic hydroxyl groups excluding tert-OH is 1.